The van der Waals surface area contributed by atoms with Crippen LogP contribution in [0.25, 0.3) is 0 Å². The molecule has 1 saturated carbocycles. The van der Waals surface area contributed by atoms with Crippen LogP contribution >= 0.6 is 0 Å². The molecular formula is C19H30N2. The van der Waals surface area contributed by atoms with Gasteiger partial charge in [-0.3, -0.25) is 4.90 Å². The summed E-state index contributed by atoms with van der Waals surface area (Å²) in [6.45, 7) is 5.91. The van der Waals surface area contributed by atoms with E-state index in [1.165, 1.54) is 57.2 Å². The molecule has 21 heavy (non-hydrogen) atoms. The van der Waals surface area contributed by atoms with Gasteiger partial charge in [-0.15, -0.1) is 0 Å². The highest BCUT2D eigenvalue weighted by atomic mass is 15.2. The van der Waals surface area contributed by atoms with Crippen molar-refractivity contribution in [2.75, 3.05) is 13.1 Å². The summed E-state index contributed by atoms with van der Waals surface area (Å²) in [5, 5.41) is 3.86. The first-order chi connectivity index (χ1) is 10.3. The fourth-order valence-electron chi connectivity index (χ4n) is 4.05. The van der Waals surface area contributed by atoms with Crippen LogP contribution in [0.15, 0.2) is 30.3 Å². The van der Waals surface area contributed by atoms with Crippen LogP contribution in [0.2, 0.25) is 0 Å². The van der Waals surface area contributed by atoms with Gasteiger partial charge in [-0.1, -0.05) is 49.6 Å². The van der Waals surface area contributed by atoms with Gasteiger partial charge in [0.1, 0.15) is 0 Å². The standard InChI is InChI=1S/C19H30N2/c1-16-12-13-20-19(18-10-6-3-7-11-18)15-21(16)14-17-8-4-2-5-9-17/h2,4-5,8-9,16,18-20H,3,6-7,10-15H2,1H3. The van der Waals surface area contributed by atoms with Crippen molar-refractivity contribution < 1.29 is 0 Å². The zero-order valence-electron chi connectivity index (χ0n) is 13.4. The SMILES string of the molecule is CC1CCNC(C2CCCCC2)CN1Cc1ccccc1. The summed E-state index contributed by atoms with van der Waals surface area (Å²) in [5.74, 6) is 0.905. The molecule has 1 N–H and O–H groups in total. The summed E-state index contributed by atoms with van der Waals surface area (Å²) in [6, 6.07) is 12.4. The van der Waals surface area contributed by atoms with Crippen molar-refractivity contribution in [1.29, 1.82) is 0 Å². The maximum atomic E-state index is 3.86. The Morgan fingerprint density at radius 2 is 1.81 bits per heavy atom. The van der Waals surface area contributed by atoms with Crippen LogP contribution in [0.5, 0.6) is 0 Å². The number of nitrogens with zero attached hydrogens (tertiary/aromatic N) is 1. The third-order valence-electron chi connectivity index (χ3n) is 5.47. The molecule has 2 unspecified atom stereocenters. The molecule has 116 valence electrons. The van der Waals surface area contributed by atoms with Gasteiger partial charge in [0.15, 0.2) is 0 Å². The van der Waals surface area contributed by atoms with Crippen LogP contribution in [0.4, 0.5) is 0 Å². The topological polar surface area (TPSA) is 15.3 Å². The molecule has 1 aromatic carbocycles. The second kappa shape index (κ2) is 7.42. The Labute approximate surface area is 129 Å². The Morgan fingerprint density at radius 1 is 1.05 bits per heavy atom. The Bertz CT molecular complexity index is 411. The first-order valence-electron chi connectivity index (χ1n) is 8.84. The summed E-state index contributed by atoms with van der Waals surface area (Å²) < 4.78 is 0. The van der Waals surface area contributed by atoms with Crippen molar-refractivity contribution in [2.24, 2.45) is 5.92 Å². The lowest BCUT2D eigenvalue weighted by Gasteiger charge is -2.34. The zero-order valence-corrected chi connectivity index (χ0v) is 13.4. The third kappa shape index (κ3) is 4.08. The number of rotatable bonds is 3. The van der Waals surface area contributed by atoms with E-state index in [2.05, 4.69) is 47.5 Å². The van der Waals surface area contributed by atoms with E-state index in [4.69, 9.17) is 0 Å². The van der Waals surface area contributed by atoms with Gasteiger partial charge in [0.2, 0.25) is 0 Å². The van der Waals surface area contributed by atoms with E-state index in [0.29, 0.717) is 12.1 Å². The Hall–Kier alpha value is -0.860. The van der Waals surface area contributed by atoms with Crippen molar-refractivity contribution in [2.45, 2.75) is 64.1 Å². The van der Waals surface area contributed by atoms with Crippen LogP contribution in [-0.2, 0) is 6.54 Å². The molecule has 0 aromatic heterocycles. The predicted molar refractivity (Wildman–Crippen MR) is 89.3 cm³/mol. The predicted octanol–water partition coefficient (Wildman–Crippen LogP) is 3.82. The molecule has 1 aromatic rings. The molecule has 0 spiro atoms. The molecule has 1 saturated heterocycles. The smallest absolute Gasteiger partial charge is 0.0237 e. The lowest BCUT2D eigenvalue weighted by atomic mass is 9.83. The van der Waals surface area contributed by atoms with E-state index in [1.54, 1.807) is 0 Å². The van der Waals surface area contributed by atoms with Gasteiger partial charge in [-0.05, 0) is 44.2 Å². The molecule has 2 atom stereocenters. The fourth-order valence-corrected chi connectivity index (χ4v) is 4.05. The molecule has 0 bridgehead atoms. The molecule has 1 aliphatic heterocycles. The molecule has 0 amide bonds. The first-order valence-corrected chi connectivity index (χ1v) is 8.84. The monoisotopic (exact) mass is 286 g/mol. The van der Waals surface area contributed by atoms with E-state index in [1.807, 2.05) is 0 Å². The maximum Gasteiger partial charge on any atom is 0.0237 e. The average Bonchev–Trinajstić information content (AvgIpc) is 2.72. The summed E-state index contributed by atoms with van der Waals surface area (Å²) in [7, 11) is 0. The fraction of sp³-hybridized carbons (Fsp3) is 0.684. The second-order valence-corrected chi connectivity index (χ2v) is 7.01. The minimum absolute atomic E-state index is 0.686. The molecule has 1 heterocycles. The second-order valence-electron chi connectivity index (χ2n) is 7.01. The van der Waals surface area contributed by atoms with E-state index in [0.717, 1.165) is 12.5 Å². The van der Waals surface area contributed by atoms with E-state index >= 15 is 0 Å². The number of hydrogen-bond donors (Lipinski definition) is 1. The highest BCUT2D eigenvalue weighted by Gasteiger charge is 2.29. The highest BCUT2D eigenvalue weighted by molar-refractivity contribution is 5.14. The lowest BCUT2D eigenvalue weighted by molar-refractivity contribution is 0.165. The van der Waals surface area contributed by atoms with Crippen LogP contribution in [0, 0.1) is 5.92 Å². The normalized spacial score (nSPS) is 29.2. The van der Waals surface area contributed by atoms with Gasteiger partial charge in [0, 0.05) is 25.2 Å². The Kier molecular flexibility index (Phi) is 5.32. The van der Waals surface area contributed by atoms with E-state index in [-0.39, 0.29) is 0 Å². The zero-order chi connectivity index (χ0) is 14.5. The Balaban J connectivity index is 1.65. The summed E-state index contributed by atoms with van der Waals surface area (Å²) in [4.78, 5) is 2.70. The van der Waals surface area contributed by atoms with Crippen LogP contribution < -0.4 is 5.32 Å². The molecule has 0 radical (unpaired) electrons. The van der Waals surface area contributed by atoms with Crippen LogP contribution in [0.1, 0.15) is 51.0 Å². The van der Waals surface area contributed by atoms with Gasteiger partial charge in [-0.25, -0.2) is 0 Å². The minimum Gasteiger partial charge on any atom is -0.312 e. The van der Waals surface area contributed by atoms with Crippen molar-refractivity contribution in [1.82, 2.24) is 10.2 Å². The van der Waals surface area contributed by atoms with Crippen molar-refractivity contribution in [3.05, 3.63) is 35.9 Å². The lowest BCUT2D eigenvalue weighted by Crippen LogP contribution is -2.44. The summed E-state index contributed by atoms with van der Waals surface area (Å²) >= 11 is 0. The summed E-state index contributed by atoms with van der Waals surface area (Å²) in [6.07, 6.45) is 8.48. The van der Waals surface area contributed by atoms with Gasteiger partial charge in [0.25, 0.3) is 0 Å². The highest BCUT2D eigenvalue weighted by Crippen LogP contribution is 2.28. The molecule has 2 fully saturated rings. The molecular weight excluding hydrogens is 256 g/mol. The third-order valence-corrected chi connectivity index (χ3v) is 5.47. The van der Waals surface area contributed by atoms with Gasteiger partial charge in [0.05, 0.1) is 0 Å². The number of benzene rings is 1. The van der Waals surface area contributed by atoms with Crippen molar-refractivity contribution >= 4 is 0 Å². The van der Waals surface area contributed by atoms with Crippen molar-refractivity contribution in [3.8, 4) is 0 Å². The largest absolute Gasteiger partial charge is 0.312 e. The van der Waals surface area contributed by atoms with Gasteiger partial charge in [-0.2, -0.15) is 0 Å². The van der Waals surface area contributed by atoms with E-state index < -0.39 is 0 Å². The van der Waals surface area contributed by atoms with Crippen LogP contribution in [0.3, 0.4) is 0 Å². The minimum atomic E-state index is 0.686. The van der Waals surface area contributed by atoms with Gasteiger partial charge < -0.3 is 5.32 Å². The number of hydrogen-bond acceptors (Lipinski definition) is 2. The first kappa shape index (κ1) is 15.1. The molecule has 1 aliphatic carbocycles. The van der Waals surface area contributed by atoms with E-state index in [9.17, 15) is 0 Å². The quantitative estimate of drug-likeness (QED) is 0.908. The number of nitrogens with one attached hydrogen (secondary N) is 1. The maximum absolute atomic E-state index is 3.86. The average molecular weight is 286 g/mol. The molecule has 2 nitrogen and oxygen atoms in total. The molecule has 2 heteroatoms. The van der Waals surface area contributed by atoms with Crippen molar-refractivity contribution in [3.63, 3.8) is 0 Å². The van der Waals surface area contributed by atoms with Crippen LogP contribution in [-0.4, -0.2) is 30.1 Å². The molecule has 2 aliphatic rings. The Morgan fingerprint density at radius 3 is 2.57 bits per heavy atom. The molecule has 3 rings (SSSR count). The van der Waals surface area contributed by atoms with Gasteiger partial charge >= 0.3 is 0 Å². The summed E-state index contributed by atoms with van der Waals surface area (Å²) in [5.41, 5.74) is 1.45.